The van der Waals surface area contributed by atoms with Crippen LogP contribution in [-0.2, 0) is 14.4 Å². The van der Waals surface area contributed by atoms with Gasteiger partial charge in [0, 0.05) is 12.3 Å². The highest BCUT2D eigenvalue weighted by Gasteiger charge is 2.61. The highest BCUT2D eigenvalue weighted by Crippen LogP contribution is 2.66. The number of carbonyl (C=O) groups is 3. The summed E-state index contributed by atoms with van der Waals surface area (Å²) in [5.74, 6) is -0.523. The first-order chi connectivity index (χ1) is 12.1. The van der Waals surface area contributed by atoms with Crippen LogP contribution in [0, 0.1) is 40.4 Å². The van der Waals surface area contributed by atoms with Crippen molar-refractivity contribution in [3.8, 4) is 0 Å². The summed E-state index contributed by atoms with van der Waals surface area (Å²) in [4.78, 5) is 35.3. The first kappa shape index (κ1) is 19.4. The lowest BCUT2D eigenvalue weighted by Crippen LogP contribution is -2.54. The molecular formula is C21H32O5. The monoisotopic (exact) mass is 364 g/mol. The van der Waals surface area contributed by atoms with Crippen LogP contribution in [0.5, 0.6) is 0 Å². The van der Waals surface area contributed by atoms with Crippen LogP contribution in [0.3, 0.4) is 0 Å². The highest BCUT2D eigenvalue weighted by molar-refractivity contribution is 5.79. The summed E-state index contributed by atoms with van der Waals surface area (Å²) in [6.07, 6.45) is 5.86. The molecule has 3 aliphatic rings. The van der Waals surface area contributed by atoms with E-state index in [-0.39, 0.29) is 23.7 Å². The Labute approximate surface area is 155 Å². The molecule has 7 unspecified atom stereocenters. The molecule has 0 aromatic rings. The zero-order chi connectivity index (χ0) is 19.3. The Hall–Kier alpha value is -1.39. The molecule has 3 saturated carbocycles. The summed E-state index contributed by atoms with van der Waals surface area (Å²) in [7, 11) is 0. The summed E-state index contributed by atoms with van der Waals surface area (Å²) < 4.78 is 0. The van der Waals surface area contributed by atoms with Gasteiger partial charge in [-0.3, -0.25) is 14.4 Å². The molecule has 3 aliphatic carbocycles. The van der Waals surface area contributed by atoms with Gasteiger partial charge in [0.05, 0.1) is 5.92 Å². The smallest absolute Gasteiger partial charge is 0.307 e. The van der Waals surface area contributed by atoms with Crippen molar-refractivity contribution < 1.29 is 24.6 Å². The van der Waals surface area contributed by atoms with E-state index in [1.807, 2.05) is 6.92 Å². The van der Waals surface area contributed by atoms with Crippen LogP contribution >= 0.6 is 0 Å². The fourth-order valence-electron chi connectivity index (χ4n) is 7.27. The van der Waals surface area contributed by atoms with Crippen molar-refractivity contribution in [2.24, 2.45) is 40.4 Å². The maximum absolute atomic E-state index is 12.2. The fourth-order valence-corrected chi connectivity index (χ4v) is 7.27. The van der Waals surface area contributed by atoms with Gasteiger partial charge in [0.25, 0.3) is 0 Å². The number of carboxylic acid groups (broad SMARTS) is 2. The molecule has 0 spiro atoms. The molecule has 0 amide bonds. The van der Waals surface area contributed by atoms with E-state index in [1.54, 1.807) is 6.92 Å². The van der Waals surface area contributed by atoms with Crippen LogP contribution in [0.15, 0.2) is 0 Å². The van der Waals surface area contributed by atoms with E-state index in [0.29, 0.717) is 30.5 Å². The van der Waals surface area contributed by atoms with Crippen molar-refractivity contribution in [3.05, 3.63) is 0 Å². The Kier molecular flexibility index (Phi) is 4.95. The van der Waals surface area contributed by atoms with Gasteiger partial charge in [0.15, 0.2) is 0 Å². The third-order valence-electron chi connectivity index (χ3n) is 8.54. The first-order valence-corrected chi connectivity index (χ1v) is 10.1. The van der Waals surface area contributed by atoms with Gasteiger partial charge in [-0.25, -0.2) is 0 Å². The minimum Gasteiger partial charge on any atom is -0.481 e. The van der Waals surface area contributed by atoms with Crippen molar-refractivity contribution >= 4 is 17.7 Å². The quantitative estimate of drug-likeness (QED) is 0.769. The molecule has 0 aromatic heterocycles. The van der Waals surface area contributed by atoms with E-state index in [0.717, 1.165) is 32.1 Å². The minimum absolute atomic E-state index is 0.0293. The predicted molar refractivity (Wildman–Crippen MR) is 96.6 cm³/mol. The van der Waals surface area contributed by atoms with Gasteiger partial charge in [-0.15, -0.1) is 0 Å². The summed E-state index contributed by atoms with van der Waals surface area (Å²) >= 11 is 0. The third-order valence-corrected chi connectivity index (χ3v) is 8.54. The summed E-state index contributed by atoms with van der Waals surface area (Å²) in [6, 6.07) is 0. The molecule has 3 rings (SSSR count). The second-order valence-corrected chi connectivity index (χ2v) is 9.53. The number of carbonyl (C=O) groups excluding carboxylic acids is 1. The molecule has 0 aromatic carbocycles. The maximum Gasteiger partial charge on any atom is 0.307 e. The topological polar surface area (TPSA) is 91.7 Å². The zero-order valence-corrected chi connectivity index (χ0v) is 16.2. The van der Waals surface area contributed by atoms with Crippen molar-refractivity contribution in [1.82, 2.24) is 0 Å². The van der Waals surface area contributed by atoms with Gasteiger partial charge >= 0.3 is 11.9 Å². The van der Waals surface area contributed by atoms with Crippen LogP contribution in [0.2, 0.25) is 0 Å². The number of carboxylic acids is 2. The molecule has 3 fully saturated rings. The Morgan fingerprint density at radius 2 is 1.58 bits per heavy atom. The molecule has 5 nitrogen and oxygen atoms in total. The Morgan fingerprint density at radius 1 is 0.923 bits per heavy atom. The van der Waals surface area contributed by atoms with Gasteiger partial charge in [0.2, 0.25) is 0 Å². The number of rotatable bonds is 5. The van der Waals surface area contributed by atoms with Crippen LogP contribution in [-0.4, -0.2) is 27.9 Å². The van der Waals surface area contributed by atoms with Gasteiger partial charge in [-0.1, -0.05) is 13.8 Å². The van der Waals surface area contributed by atoms with E-state index in [2.05, 4.69) is 6.92 Å². The molecule has 2 N–H and O–H groups in total. The Morgan fingerprint density at radius 3 is 2.15 bits per heavy atom. The molecule has 7 atom stereocenters. The number of hydrogen-bond donors (Lipinski definition) is 2. The molecule has 0 aliphatic heterocycles. The number of hydrogen-bond acceptors (Lipinski definition) is 3. The lowest BCUT2D eigenvalue weighted by molar-refractivity contribution is -0.162. The van der Waals surface area contributed by atoms with E-state index >= 15 is 0 Å². The van der Waals surface area contributed by atoms with Crippen molar-refractivity contribution in [2.75, 3.05) is 0 Å². The van der Waals surface area contributed by atoms with Crippen molar-refractivity contribution in [1.29, 1.82) is 0 Å². The normalized spacial score (nSPS) is 44.8. The summed E-state index contributed by atoms with van der Waals surface area (Å²) in [5, 5.41) is 19.0. The lowest BCUT2D eigenvalue weighted by Gasteiger charge is -2.58. The van der Waals surface area contributed by atoms with Crippen LogP contribution < -0.4 is 0 Å². The summed E-state index contributed by atoms with van der Waals surface area (Å²) in [5.41, 5.74) is -0.431. The number of ketones is 1. The van der Waals surface area contributed by atoms with E-state index in [9.17, 15) is 24.6 Å². The Balaban J connectivity index is 1.91. The van der Waals surface area contributed by atoms with Gasteiger partial charge in [0.1, 0.15) is 5.78 Å². The average Bonchev–Trinajstić information content (AvgIpc) is 2.90. The predicted octanol–water partition coefficient (Wildman–Crippen LogP) is 4.00. The molecule has 0 heterocycles. The van der Waals surface area contributed by atoms with E-state index < -0.39 is 23.3 Å². The largest absolute Gasteiger partial charge is 0.481 e. The molecule has 26 heavy (non-hydrogen) atoms. The standard InChI is InChI=1S/C21H32O5/c1-12(22)14-6-7-15-13-4-5-17(19(25)26)21(3,11-9-18(23)24)16(13)8-10-20(14,15)2/h13-17H,4-11H2,1-3H3,(H,23,24)(H,25,26). The maximum atomic E-state index is 12.2. The number of aliphatic carboxylic acids is 2. The van der Waals surface area contributed by atoms with Gasteiger partial charge < -0.3 is 10.2 Å². The van der Waals surface area contributed by atoms with Crippen LogP contribution in [0.4, 0.5) is 0 Å². The van der Waals surface area contributed by atoms with Crippen LogP contribution in [0.25, 0.3) is 0 Å². The van der Waals surface area contributed by atoms with Gasteiger partial charge in [-0.2, -0.15) is 0 Å². The summed E-state index contributed by atoms with van der Waals surface area (Å²) in [6.45, 7) is 6.00. The van der Waals surface area contributed by atoms with Crippen molar-refractivity contribution in [3.63, 3.8) is 0 Å². The zero-order valence-electron chi connectivity index (χ0n) is 16.2. The third kappa shape index (κ3) is 2.87. The first-order valence-electron chi connectivity index (χ1n) is 10.1. The SMILES string of the molecule is CC(=O)C1CCC2C3CCC(C(=O)O)C(C)(CCC(=O)O)C3CCC12C. The van der Waals surface area contributed by atoms with E-state index in [1.165, 1.54) is 0 Å². The fraction of sp³-hybridized carbons (Fsp3) is 0.857. The lowest BCUT2D eigenvalue weighted by atomic mass is 9.46. The van der Waals surface area contributed by atoms with E-state index in [4.69, 9.17) is 0 Å². The molecule has 5 heteroatoms. The molecular weight excluding hydrogens is 332 g/mol. The van der Waals surface area contributed by atoms with Gasteiger partial charge in [-0.05, 0) is 80.5 Å². The molecule has 146 valence electrons. The number of fused-ring (bicyclic) bond motifs is 3. The molecule has 0 radical (unpaired) electrons. The highest BCUT2D eigenvalue weighted by atomic mass is 16.4. The minimum atomic E-state index is -0.851. The number of Topliss-reactive ketones (excluding diaryl/α,β-unsaturated/α-hetero) is 1. The second kappa shape index (κ2) is 6.65. The van der Waals surface area contributed by atoms with Crippen LogP contribution in [0.1, 0.15) is 72.1 Å². The average molecular weight is 364 g/mol. The Bertz CT molecular complexity index is 614. The van der Waals surface area contributed by atoms with Crippen molar-refractivity contribution in [2.45, 2.75) is 72.1 Å². The molecule has 0 saturated heterocycles. The second-order valence-electron chi connectivity index (χ2n) is 9.53. The molecule has 0 bridgehead atoms.